The van der Waals surface area contributed by atoms with Gasteiger partial charge in [0.25, 0.3) is 5.91 Å². The third-order valence-electron chi connectivity index (χ3n) is 3.77. The maximum absolute atomic E-state index is 12.6. The molecule has 8 heteroatoms. The van der Waals surface area contributed by atoms with Crippen LogP contribution in [0, 0.1) is 11.3 Å². The van der Waals surface area contributed by atoms with Crippen molar-refractivity contribution < 1.29 is 23.2 Å². The van der Waals surface area contributed by atoms with Crippen LogP contribution in [0.5, 0.6) is 0 Å². The molecule has 1 atom stereocenters. The van der Waals surface area contributed by atoms with Crippen molar-refractivity contribution in [2.24, 2.45) is 11.3 Å². The molecule has 1 saturated heterocycles. The van der Waals surface area contributed by atoms with Crippen LogP contribution < -0.4 is 0 Å². The molecule has 0 aromatic rings. The monoisotopic (exact) mass is 319 g/mol. The standard InChI is InChI=1S/C12H25NO5Si2/c1-8(14)16-6-5-13-7-9(11(2,3)4)12(17-19,18-20)10(13)15/h9H,5-7H2,1-4,19-20H3. The second-order valence-electron chi connectivity index (χ2n) is 6.09. The van der Waals surface area contributed by atoms with Crippen LogP contribution in [0.2, 0.25) is 0 Å². The molecule has 1 fully saturated rings. The smallest absolute Gasteiger partial charge is 0.302 e. The lowest BCUT2D eigenvalue weighted by molar-refractivity contribution is -0.180. The lowest BCUT2D eigenvalue weighted by Crippen LogP contribution is -2.51. The maximum Gasteiger partial charge on any atom is 0.302 e. The van der Waals surface area contributed by atoms with Gasteiger partial charge in [-0.3, -0.25) is 9.59 Å². The maximum atomic E-state index is 12.6. The third kappa shape index (κ3) is 3.30. The highest BCUT2D eigenvalue weighted by Gasteiger charge is 2.58. The van der Waals surface area contributed by atoms with Gasteiger partial charge in [-0.25, -0.2) is 0 Å². The Morgan fingerprint density at radius 1 is 1.40 bits per heavy atom. The Morgan fingerprint density at radius 3 is 2.30 bits per heavy atom. The molecule has 0 radical (unpaired) electrons. The first-order valence-electron chi connectivity index (χ1n) is 6.72. The van der Waals surface area contributed by atoms with Gasteiger partial charge >= 0.3 is 5.97 Å². The molecule has 1 aliphatic rings. The Labute approximate surface area is 126 Å². The number of nitrogens with zero attached hydrogens (tertiary/aromatic N) is 1. The molecule has 1 amide bonds. The second-order valence-corrected chi connectivity index (χ2v) is 6.90. The van der Waals surface area contributed by atoms with E-state index in [1.54, 1.807) is 4.90 Å². The van der Waals surface area contributed by atoms with Gasteiger partial charge in [0.15, 0.2) is 0 Å². The van der Waals surface area contributed by atoms with Crippen molar-refractivity contribution in [3.63, 3.8) is 0 Å². The van der Waals surface area contributed by atoms with Crippen molar-refractivity contribution in [3.8, 4) is 0 Å². The normalized spacial score (nSPS) is 27.3. The molecule has 20 heavy (non-hydrogen) atoms. The van der Waals surface area contributed by atoms with Crippen molar-refractivity contribution in [2.75, 3.05) is 19.7 Å². The number of carbonyl (C=O) groups excluding carboxylic acids is 2. The van der Waals surface area contributed by atoms with Gasteiger partial charge in [-0.1, -0.05) is 20.8 Å². The molecule has 116 valence electrons. The molecule has 1 unspecified atom stereocenters. The van der Waals surface area contributed by atoms with E-state index in [0.29, 0.717) is 34.1 Å². The first-order chi connectivity index (χ1) is 9.19. The van der Waals surface area contributed by atoms with E-state index in [-0.39, 0.29) is 29.8 Å². The van der Waals surface area contributed by atoms with Crippen LogP contribution in [-0.2, 0) is 23.2 Å². The van der Waals surface area contributed by atoms with Crippen LogP contribution in [0.1, 0.15) is 27.7 Å². The van der Waals surface area contributed by atoms with E-state index in [9.17, 15) is 9.59 Å². The molecule has 0 N–H and O–H groups in total. The number of carbonyl (C=O) groups is 2. The van der Waals surface area contributed by atoms with E-state index in [0.717, 1.165) is 0 Å². The summed E-state index contributed by atoms with van der Waals surface area (Å²) < 4.78 is 16.1. The number of rotatable bonds is 5. The lowest BCUT2D eigenvalue weighted by atomic mass is 9.77. The van der Waals surface area contributed by atoms with Gasteiger partial charge in [-0.2, -0.15) is 0 Å². The summed E-state index contributed by atoms with van der Waals surface area (Å²) in [6, 6.07) is 0. The van der Waals surface area contributed by atoms with Gasteiger partial charge in [0, 0.05) is 19.4 Å². The van der Waals surface area contributed by atoms with Crippen molar-refractivity contribution in [3.05, 3.63) is 0 Å². The number of ether oxygens (including phenoxy) is 1. The summed E-state index contributed by atoms with van der Waals surface area (Å²) in [5, 5.41) is 0. The number of hydrogen-bond acceptors (Lipinski definition) is 5. The van der Waals surface area contributed by atoms with Gasteiger partial charge in [0.1, 0.15) is 27.6 Å². The van der Waals surface area contributed by atoms with E-state index in [1.807, 2.05) is 0 Å². The molecule has 0 saturated carbocycles. The zero-order chi connectivity index (χ0) is 15.6. The summed E-state index contributed by atoms with van der Waals surface area (Å²) in [5.74, 6) is -1.65. The zero-order valence-corrected chi connectivity index (χ0v) is 17.2. The molecule has 6 nitrogen and oxygen atoms in total. The fraction of sp³-hybridized carbons (Fsp3) is 0.833. The van der Waals surface area contributed by atoms with Gasteiger partial charge < -0.3 is 18.5 Å². The number of likely N-dealkylation sites (tertiary alicyclic amines) is 1. The topological polar surface area (TPSA) is 65.1 Å². The van der Waals surface area contributed by atoms with Crippen LogP contribution in [-0.4, -0.2) is 63.2 Å². The Bertz CT molecular complexity index is 379. The zero-order valence-electron chi connectivity index (χ0n) is 13.2. The first kappa shape index (κ1) is 17.3. The number of esters is 1. The summed E-state index contributed by atoms with van der Waals surface area (Å²) in [6.45, 7) is 8.74. The molecule has 0 aromatic carbocycles. The van der Waals surface area contributed by atoms with E-state index >= 15 is 0 Å². The molecule has 1 heterocycles. The lowest BCUT2D eigenvalue weighted by Gasteiger charge is -2.38. The van der Waals surface area contributed by atoms with Gasteiger partial charge in [-0.15, -0.1) is 0 Å². The van der Waals surface area contributed by atoms with Crippen molar-refractivity contribution in [1.82, 2.24) is 4.90 Å². The molecular weight excluding hydrogens is 294 g/mol. The van der Waals surface area contributed by atoms with Gasteiger partial charge in [0.05, 0.1) is 6.54 Å². The Kier molecular flexibility index (Phi) is 5.53. The number of hydrogen-bond donors (Lipinski definition) is 0. The van der Waals surface area contributed by atoms with Crippen LogP contribution in [0.4, 0.5) is 0 Å². The summed E-state index contributed by atoms with van der Waals surface area (Å²) in [7, 11) is 0.866. The summed E-state index contributed by atoms with van der Waals surface area (Å²) in [5.41, 5.74) is -0.110. The van der Waals surface area contributed by atoms with Crippen LogP contribution in [0.15, 0.2) is 0 Å². The quantitative estimate of drug-likeness (QED) is 0.345. The van der Waals surface area contributed by atoms with E-state index in [2.05, 4.69) is 20.8 Å². The van der Waals surface area contributed by atoms with Crippen LogP contribution in [0.25, 0.3) is 0 Å². The van der Waals surface area contributed by atoms with Gasteiger partial charge in [0.2, 0.25) is 5.79 Å². The van der Waals surface area contributed by atoms with Crippen molar-refractivity contribution in [2.45, 2.75) is 33.5 Å². The largest absolute Gasteiger partial charge is 0.464 e. The predicted octanol–water partition coefficient (Wildman–Crippen LogP) is -1.66. The highest BCUT2D eigenvalue weighted by atomic mass is 28.2. The third-order valence-corrected chi connectivity index (χ3v) is 4.98. The minimum absolute atomic E-state index is 0.0326. The molecule has 0 bridgehead atoms. The average Bonchev–Trinajstić information content (AvgIpc) is 2.63. The van der Waals surface area contributed by atoms with E-state index < -0.39 is 5.79 Å². The Morgan fingerprint density at radius 2 is 1.95 bits per heavy atom. The Balaban J connectivity index is 2.88. The Hall–Kier alpha value is -0.706. The summed E-state index contributed by atoms with van der Waals surface area (Å²) in [6.07, 6.45) is 0. The van der Waals surface area contributed by atoms with Gasteiger partial charge in [-0.05, 0) is 5.41 Å². The van der Waals surface area contributed by atoms with Crippen molar-refractivity contribution in [1.29, 1.82) is 0 Å². The minimum Gasteiger partial charge on any atom is -0.464 e. The van der Waals surface area contributed by atoms with Crippen LogP contribution in [0.3, 0.4) is 0 Å². The number of amides is 1. The van der Waals surface area contributed by atoms with E-state index in [1.165, 1.54) is 6.92 Å². The molecule has 0 spiro atoms. The molecule has 0 aromatic heterocycles. The SMILES string of the molecule is CC(=O)OCCN1CC(C(C)(C)C)C(O[SiH3])(O[SiH3])C1=O. The predicted molar refractivity (Wildman–Crippen MR) is 80.9 cm³/mol. The second kappa shape index (κ2) is 6.38. The highest BCUT2D eigenvalue weighted by molar-refractivity contribution is 6.04. The minimum atomic E-state index is -1.13. The van der Waals surface area contributed by atoms with E-state index in [4.69, 9.17) is 13.6 Å². The fourth-order valence-electron chi connectivity index (χ4n) is 2.67. The summed E-state index contributed by atoms with van der Waals surface area (Å²) >= 11 is 0. The highest BCUT2D eigenvalue weighted by Crippen LogP contribution is 2.43. The molecular formula is C12H25NO5Si2. The first-order valence-corrected chi connectivity index (χ1v) is 8.35. The molecule has 0 aliphatic carbocycles. The van der Waals surface area contributed by atoms with Crippen LogP contribution >= 0.6 is 0 Å². The fourth-order valence-corrected chi connectivity index (χ4v) is 4.26. The average molecular weight is 320 g/mol. The van der Waals surface area contributed by atoms with Crippen molar-refractivity contribution >= 4 is 32.8 Å². The summed E-state index contributed by atoms with van der Waals surface area (Å²) in [4.78, 5) is 25.1. The molecule has 1 aliphatic heterocycles. The molecule has 1 rings (SSSR count).